The molecule has 1 fully saturated rings. The van der Waals surface area contributed by atoms with Crippen LogP contribution in [0.2, 0.25) is 0 Å². The Bertz CT molecular complexity index is 545. The molecular weight excluding hydrogens is 268 g/mol. The molecule has 1 amide bonds. The number of non-ortho nitro benzene ring substituents is 1. The van der Waals surface area contributed by atoms with E-state index in [1.807, 2.05) is 0 Å². The molecule has 1 atom stereocenters. The van der Waals surface area contributed by atoms with Crippen molar-refractivity contribution in [3.05, 3.63) is 34.4 Å². The monoisotopic (exact) mass is 280 g/mol. The zero-order valence-corrected chi connectivity index (χ0v) is 10.4. The van der Waals surface area contributed by atoms with Crippen LogP contribution in [0.5, 0.6) is 5.75 Å². The molecule has 0 unspecified atom stereocenters. The van der Waals surface area contributed by atoms with Gasteiger partial charge in [-0.2, -0.15) is 0 Å². The first-order chi connectivity index (χ1) is 9.56. The maximum atomic E-state index is 11.6. The van der Waals surface area contributed by atoms with E-state index in [1.165, 1.54) is 24.3 Å². The predicted octanol–water partition coefficient (Wildman–Crippen LogP) is 0.405. The van der Waals surface area contributed by atoms with Crippen LogP contribution in [-0.4, -0.2) is 36.1 Å². The van der Waals surface area contributed by atoms with Crippen molar-refractivity contribution in [3.8, 4) is 5.75 Å². The Kier molecular flexibility index (Phi) is 4.14. The number of esters is 1. The molecule has 8 heteroatoms. The predicted molar refractivity (Wildman–Crippen MR) is 66.1 cm³/mol. The van der Waals surface area contributed by atoms with Crippen LogP contribution in [0.25, 0.3) is 0 Å². The molecule has 0 saturated carbocycles. The van der Waals surface area contributed by atoms with E-state index in [9.17, 15) is 19.7 Å². The van der Waals surface area contributed by atoms with Gasteiger partial charge < -0.3 is 14.8 Å². The molecule has 8 nitrogen and oxygen atoms in total. The first-order valence-corrected chi connectivity index (χ1v) is 5.89. The molecule has 0 radical (unpaired) electrons. The van der Waals surface area contributed by atoms with Gasteiger partial charge in [-0.3, -0.25) is 14.9 Å². The lowest BCUT2D eigenvalue weighted by molar-refractivity contribution is -0.384. The van der Waals surface area contributed by atoms with Crippen LogP contribution in [-0.2, 0) is 14.3 Å². The summed E-state index contributed by atoms with van der Waals surface area (Å²) in [6, 6.07) is 4.86. The second-order valence-electron chi connectivity index (χ2n) is 4.12. The first-order valence-electron chi connectivity index (χ1n) is 5.89. The summed E-state index contributed by atoms with van der Waals surface area (Å²) in [5, 5.41) is 13.0. The number of rotatable bonds is 5. The molecule has 1 aromatic rings. The number of hydrogen-bond donors (Lipinski definition) is 1. The molecule has 0 bridgehead atoms. The van der Waals surface area contributed by atoms with Crippen LogP contribution in [0.3, 0.4) is 0 Å². The van der Waals surface area contributed by atoms with Crippen LogP contribution >= 0.6 is 0 Å². The highest BCUT2D eigenvalue weighted by molar-refractivity contribution is 5.86. The largest absolute Gasteiger partial charge is 0.484 e. The highest BCUT2D eigenvalue weighted by Gasteiger charge is 2.27. The van der Waals surface area contributed by atoms with Crippen LogP contribution in [0.15, 0.2) is 24.3 Å². The molecule has 106 valence electrons. The number of amides is 1. The Labute approximate surface area is 113 Å². The van der Waals surface area contributed by atoms with Gasteiger partial charge in [-0.25, -0.2) is 4.79 Å². The van der Waals surface area contributed by atoms with Crippen molar-refractivity contribution in [3.63, 3.8) is 0 Å². The third-order valence-electron chi connectivity index (χ3n) is 2.67. The van der Waals surface area contributed by atoms with E-state index in [0.717, 1.165) is 0 Å². The minimum Gasteiger partial charge on any atom is -0.484 e. The molecule has 2 rings (SSSR count). The van der Waals surface area contributed by atoms with E-state index < -0.39 is 22.8 Å². The Hall–Kier alpha value is -2.64. The molecule has 0 spiro atoms. The second kappa shape index (κ2) is 6.00. The van der Waals surface area contributed by atoms with Crippen LogP contribution in [0, 0.1) is 10.1 Å². The number of hydrogen-bond acceptors (Lipinski definition) is 6. The van der Waals surface area contributed by atoms with E-state index in [1.54, 1.807) is 0 Å². The lowest BCUT2D eigenvalue weighted by Gasteiger charge is -2.09. The first kappa shape index (κ1) is 13.8. The van der Waals surface area contributed by atoms with Gasteiger partial charge >= 0.3 is 5.97 Å². The fourth-order valence-electron chi connectivity index (χ4n) is 1.70. The standard InChI is InChI=1S/C12H12N2O6/c15-11(13-10-4-5-19-12(10)16)7-20-9-3-1-2-8(6-9)14(17)18/h1-3,6,10H,4-5,7H2,(H,13,15)/t10-/m0/s1. The number of nitrogens with one attached hydrogen (secondary N) is 1. The molecule has 1 aliphatic heterocycles. The summed E-state index contributed by atoms with van der Waals surface area (Å²) in [7, 11) is 0. The average Bonchev–Trinajstić information content (AvgIpc) is 2.82. The average molecular weight is 280 g/mol. The van der Waals surface area contributed by atoms with Crippen LogP contribution < -0.4 is 10.1 Å². The molecule has 1 N–H and O–H groups in total. The normalized spacial score (nSPS) is 17.4. The zero-order valence-electron chi connectivity index (χ0n) is 10.4. The van der Waals surface area contributed by atoms with Crippen molar-refractivity contribution in [2.24, 2.45) is 0 Å². The van der Waals surface area contributed by atoms with Crippen molar-refractivity contribution in [1.82, 2.24) is 5.32 Å². The van der Waals surface area contributed by atoms with Crippen LogP contribution in [0.1, 0.15) is 6.42 Å². The van der Waals surface area contributed by atoms with E-state index in [0.29, 0.717) is 6.42 Å². The van der Waals surface area contributed by atoms with Crippen molar-refractivity contribution >= 4 is 17.6 Å². The van der Waals surface area contributed by atoms with Gasteiger partial charge in [0.15, 0.2) is 6.61 Å². The Balaban J connectivity index is 1.85. The summed E-state index contributed by atoms with van der Waals surface area (Å²) < 4.78 is 9.84. The van der Waals surface area contributed by atoms with E-state index in [-0.39, 0.29) is 24.7 Å². The number of benzene rings is 1. The number of carbonyl (C=O) groups is 2. The van der Waals surface area contributed by atoms with Gasteiger partial charge in [-0.1, -0.05) is 6.07 Å². The summed E-state index contributed by atoms with van der Waals surface area (Å²) in [6.45, 7) is -0.0412. The maximum Gasteiger partial charge on any atom is 0.328 e. The SMILES string of the molecule is O=C(COc1cccc([N+](=O)[O-])c1)N[C@H]1CCOC1=O. The van der Waals surface area contributed by atoms with Gasteiger partial charge in [-0.15, -0.1) is 0 Å². The van der Waals surface area contributed by atoms with Gasteiger partial charge in [-0.05, 0) is 6.07 Å². The topological polar surface area (TPSA) is 108 Å². The molecule has 0 aliphatic carbocycles. The third-order valence-corrected chi connectivity index (χ3v) is 2.67. The van der Waals surface area contributed by atoms with Gasteiger partial charge in [0.25, 0.3) is 11.6 Å². The third kappa shape index (κ3) is 3.44. The number of nitro groups is 1. The lowest BCUT2D eigenvalue weighted by atomic mass is 10.2. The minimum atomic E-state index is -0.642. The number of nitro benzene ring substituents is 1. The van der Waals surface area contributed by atoms with Crippen LogP contribution in [0.4, 0.5) is 5.69 Å². The van der Waals surface area contributed by atoms with Crippen molar-refractivity contribution in [2.45, 2.75) is 12.5 Å². The van der Waals surface area contributed by atoms with Crippen molar-refractivity contribution in [1.29, 1.82) is 0 Å². The molecular formula is C12H12N2O6. The number of carbonyl (C=O) groups excluding carboxylic acids is 2. The summed E-state index contributed by atoms with van der Waals surface area (Å²) in [4.78, 5) is 32.7. The number of cyclic esters (lactones) is 1. The number of nitrogens with zero attached hydrogens (tertiary/aromatic N) is 1. The van der Waals surface area contributed by atoms with Crippen molar-refractivity contribution in [2.75, 3.05) is 13.2 Å². The molecule has 1 aromatic carbocycles. The fourth-order valence-corrected chi connectivity index (χ4v) is 1.70. The molecule has 1 saturated heterocycles. The summed E-state index contributed by atoms with van der Waals surface area (Å²) >= 11 is 0. The van der Waals surface area contributed by atoms with E-state index >= 15 is 0 Å². The van der Waals surface area contributed by atoms with Gasteiger partial charge in [0.2, 0.25) is 0 Å². The summed E-state index contributed by atoms with van der Waals surface area (Å²) in [5.41, 5.74) is -0.123. The molecule has 1 heterocycles. The molecule has 0 aromatic heterocycles. The van der Waals surface area contributed by atoms with E-state index in [4.69, 9.17) is 9.47 Å². The lowest BCUT2D eigenvalue weighted by Crippen LogP contribution is -2.40. The zero-order chi connectivity index (χ0) is 14.5. The van der Waals surface area contributed by atoms with Crippen molar-refractivity contribution < 1.29 is 24.0 Å². The van der Waals surface area contributed by atoms with Gasteiger partial charge in [0.05, 0.1) is 17.6 Å². The molecule has 1 aliphatic rings. The maximum absolute atomic E-state index is 11.6. The Morgan fingerprint density at radius 3 is 3.00 bits per heavy atom. The second-order valence-corrected chi connectivity index (χ2v) is 4.12. The highest BCUT2D eigenvalue weighted by atomic mass is 16.6. The number of ether oxygens (including phenoxy) is 2. The Morgan fingerprint density at radius 1 is 1.55 bits per heavy atom. The smallest absolute Gasteiger partial charge is 0.328 e. The summed E-state index contributed by atoms with van der Waals surface area (Å²) in [6.07, 6.45) is 0.432. The fraction of sp³-hybridized carbons (Fsp3) is 0.333. The summed E-state index contributed by atoms with van der Waals surface area (Å²) in [5.74, 6) is -0.739. The Morgan fingerprint density at radius 2 is 2.35 bits per heavy atom. The molecule has 20 heavy (non-hydrogen) atoms. The van der Waals surface area contributed by atoms with Gasteiger partial charge in [0.1, 0.15) is 11.8 Å². The van der Waals surface area contributed by atoms with E-state index in [2.05, 4.69) is 5.32 Å². The minimum absolute atomic E-state index is 0.123. The highest BCUT2D eigenvalue weighted by Crippen LogP contribution is 2.18. The quantitative estimate of drug-likeness (QED) is 0.475. The van der Waals surface area contributed by atoms with Gasteiger partial charge in [0, 0.05) is 12.5 Å².